The van der Waals surface area contributed by atoms with E-state index in [1.165, 1.54) is 0 Å². The third kappa shape index (κ3) is 1.44. The molecule has 1 aliphatic carbocycles. The first-order chi connectivity index (χ1) is 8.82. The molecule has 96 valence electrons. The van der Waals surface area contributed by atoms with Crippen LogP contribution in [0.15, 0.2) is 0 Å². The van der Waals surface area contributed by atoms with Gasteiger partial charge in [0.15, 0.2) is 5.82 Å². The van der Waals surface area contributed by atoms with E-state index in [9.17, 15) is 0 Å². The van der Waals surface area contributed by atoms with E-state index in [-0.39, 0.29) is 5.41 Å². The lowest BCUT2D eigenvalue weighted by molar-refractivity contribution is 0.193. The van der Waals surface area contributed by atoms with Crippen molar-refractivity contribution in [2.75, 3.05) is 19.8 Å². The Hall–Kier alpha value is -1.05. The van der Waals surface area contributed by atoms with Crippen molar-refractivity contribution in [1.82, 2.24) is 19.8 Å². The molecule has 3 heterocycles. The van der Waals surface area contributed by atoms with Gasteiger partial charge in [-0.2, -0.15) is 9.61 Å². The normalized spacial score (nSPS) is 25.9. The first kappa shape index (κ1) is 10.8. The molecule has 0 bridgehead atoms. The lowest BCUT2D eigenvalue weighted by Gasteiger charge is -2.06. The highest BCUT2D eigenvalue weighted by atomic mass is 32.1. The molecule has 18 heavy (non-hydrogen) atoms. The topological polar surface area (TPSA) is 78.3 Å². The summed E-state index contributed by atoms with van der Waals surface area (Å²) in [6, 6.07) is 0. The van der Waals surface area contributed by atoms with Crippen molar-refractivity contribution in [2.24, 2.45) is 5.73 Å². The van der Waals surface area contributed by atoms with Crippen LogP contribution in [0, 0.1) is 0 Å². The summed E-state index contributed by atoms with van der Waals surface area (Å²) >= 11 is 1.63. The molecule has 2 N–H and O–H groups in total. The average molecular weight is 265 g/mol. The minimum absolute atomic E-state index is 0.134. The second-order valence-corrected chi connectivity index (χ2v) is 6.16. The zero-order valence-electron chi connectivity index (χ0n) is 10.0. The van der Waals surface area contributed by atoms with Crippen molar-refractivity contribution in [3.63, 3.8) is 0 Å². The number of nitrogens with zero attached hydrogens (tertiary/aromatic N) is 4. The van der Waals surface area contributed by atoms with E-state index in [0.29, 0.717) is 12.5 Å². The molecule has 1 saturated heterocycles. The predicted octanol–water partition coefficient (Wildman–Crippen LogP) is 0.680. The van der Waals surface area contributed by atoms with E-state index >= 15 is 0 Å². The molecule has 2 fully saturated rings. The molecule has 1 atom stereocenters. The second-order valence-electron chi connectivity index (χ2n) is 5.20. The van der Waals surface area contributed by atoms with Crippen LogP contribution in [0.2, 0.25) is 0 Å². The summed E-state index contributed by atoms with van der Waals surface area (Å²) in [6.45, 7) is 2.22. The van der Waals surface area contributed by atoms with Crippen molar-refractivity contribution in [3.05, 3.63) is 10.8 Å². The molecule has 1 aliphatic heterocycles. The van der Waals surface area contributed by atoms with Gasteiger partial charge in [0.2, 0.25) is 4.96 Å². The monoisotopic (exact) mass is 265 g/mol. The maximum absolute atomic E-state index is 5.85. The highest BCUT2D eigenvalue weighted by Gasteiger charge is 2.46. The standard InChI is InChI=1S/C11H15N5OS/c12-6-11(2-3-11)9-15-16-8(7-1-4-17-5-7)13-14-10(16)18-9/h7H,1-6,12H2. The Labute approximate surface area is 108 Å². The Morgan fingerprint density at radius 2 is 2.33 bits per heavy atom. The lowest BCUT2D eigenvalue weighted by atomic mass is 10.1. The highest BCUT2D eigenvalue weighted by molar-refractivity contribution is 7.16. The Balaban J connectivity index is 1.77. The van der Waals surface area contributed by atoms with Gasteiger partial charge in [-0.3, -0.25) is 0 Å². The Kier molecular flexibility index (Phi) is 2.24. The van der Waals surface area contributed by atoms with E-state index in [1.807, 2.05) is 4.52 Å². The molecular weight excluding hydrogens is 250 g/mol. The van der Waals surface area contributed by atoms with Gasteiger partial charge in [-0.25, -0.2) is 0 Å². The molecule has 1 unspecified atom stereocenters. The van der Waals surface area contributed by atoms with Crippen molar-refractivity contribution in [3.8, 4) is 0 Å². The van der Waals surface area contributed by atoms with Gasteiger partial charge in [-0.1, -0.05) is 11.3 Å². The van der Waals surface area contributed by atoms with Crippen LogP contribution in [0.3, 0.4) is 0 Å². The molecule has 4 rings (SSSR count). The summed E-state index contributed by atoms with van der Waals surface area (Å²) in [6.07, 6.45) is 3.31. The molecule has 0 spiro atoms. The van der Waals surface area contributed by atoms with Crippen LogP contribution in [-0.2, 0) is 10.2 Å². The quantitative estimate of drug-likeness (QED) is 0.883. The largest absolute Gasteiger partial charge is 0.381 e. The minimum atomic E-state index is 0.134. The molecular formula is C11H15N5OS. The molecule has 0 radical (unpaired) electrons. The Morgan fingerprint density at radius 1 is 1.44 bits per heavy atom. The SMILES string of the molecule is NCC1(c2nn3c(C4CCOC4)nnc3s2)CC1. The summed E-state index contributed by atoms with van der Waals surface area (Å²) in [5, 5.41) is 14.3. The van der Waals surface area contributed by atoms with E-state index in [4.69, 9.17) is 15.6 Å². The fourth-order valence-electron chi connectivity index (χ4n) is 2.50. The van der Waals surface area contributed by atoms with Crippen LogP contribution in [0.1, 0.15) is 36.0 Å². The zero-order valence-corrected chi connectivity index (χ0v) is 10.8. The van der Waals surface area contributed by atoms with Crippen LogP contribution >= 0.6 is 11.3 Å². The third-order valence-electron chi connectivity index (χ3n) is 4.01. The first-order valence-corrected chi connectivity index (χ1v) is 7.14. The molecule has 7 heteroatoms. The number of hydrogen-bond donors (Lipinski definition) is 1. The summed E-state index contributed by atoms with van der Waals surface area (Å²) in [7, 11) is 0. The van der Waals surface area contributed by atoms with Crippen molar-refractivity contribution in [2.45, 2.75) is 30.6 Å². The van der Waals surface area contributed by atoms with Gasteiger partial charge in [-0.15, -0.1) is 10.2 Å². The molecule has 0 amide bonds. The van der Waals surface area contributed by atoms with Gasteiger partial charge in [0, 0.05) is 24.5 Å². The number of aromatic nitrogens is 4. The number of hydrogen-bond acceptors (Lipinski definition) is 6. The van der Waals surface area contributed by atoms with Gasteiger partial charge in [0.05, 0.1) is 6.61 Å². The maximum atomic E-state index is 5.85. The zero-order chi connectivity index (χ0) is 12.2. The summed E-state index contributed by atoms with van der Waals surface area (Å²) < 4.78 is 7.31. The fourth-order valence-corrected chi connectivity index (χ4v) is 3.60. The van der Waals surface area contributed by atoms with Gasteiger partial charge >= 0.3 is 0 Å². The summed E-state index contributed by atoms with van der Waals surface area (Å²) in [5.74, 6) is 1.28. The molecule has 2 aromatic heterocycles. The highest BCUT2D eigenvalue weighted by Crippen LogP contribution is 2.48. The molecule has 2 aromatic rings. The van der Waals surface area contributed by atoms with Crippen LogP contribution in [0.5, 0.6) is 0 Å². The average Bonchev–Trinajstić information content (AvgIpc) is 2.79. The summed E-state index contributed by atoms with van der Waals surface area (Å²) in [4.78, 5) is 0.881. The van der Waals surface area contributed by atoms with E-state index in [1.54, 1.807) is 11.3 Å². The maximum Gasteiger partial charge on any atom is 0.234 e. The molecule has 1 saturated carbocycles. The minimum Gasteiger partial charge on any atom is -0.381 e. The molecule has 0 aromatic carbocycles. The first-order valence-electron chi connectivity index (χ1n) is 6.33. The number of ether oxygens (including phenoxy) is 1. The fraction of sp³-hybridized carbons (Fsp3) is 0.727. The Bertz CT molecular complexity index is 581. The van der Waals surface area contributed by atoms with Crippen LogP contribution in [-0.4, -0.2) is 39.6 Å². The summed E-state index contributed by atoms with van der Waals surface area (Å²) in [5.41, 5.74) is 5.99. The van der Waals surface area contributed by atoms with E-state index in [2.05, 4.69) is 10.2 Å². The van der Waals surface area contributed by atoms with Crippen molar-refractivity contribution in [1.29, 1.82) is 0 Å². The van der Waals surface area contributed by atoms with Crippen LogP contribution < -0.4 is 5.73 Å². The van der Waals surface area contributed by atoms with Crippen molar-refractivity contribution >= 4 is 16.3 Å². The number of fused-ring (bicyclic) bond motifs is 1. The predicted molar refractivity (Wildman–Crippen MR) is 66.8 cm³/mol. The second kappa shape index (κ2) is 3.72. The lowest BCUT2D eigenvalue weighted by Crippen LogP contribution is -2.20. The van der Waals surface area contributed by atoms with Crippen LogP contribution in [0.25, 0.3) is 4.96 Å². The van der Waals surface area contributed by atoms with Gasteiger partial charge in [0.25, 0.3) is 0 Å². The van der Waals surface area contributed by atoms with Gasteiger partial charge < -0.3 is 10.5 Å². The van der Waals surface area contributed by atoms with Gasteiger partial charge in [0.1, 0.15) is 5.01 Å². The van der Waals surface area contributed by atoms with Crippen LogP contribution in [0.4, 0.5) is 0 Å². The van der Waals surface area contributed by atoms with Crippen molar-refractivity contribution < 1.29 is 4.74 Å². The molecule has 2 aliphatic rings. The van der Waals surface area contributed by atoms with Gasteiger partial charge in [-0.05, 0) is 19.3 Å². The molecule has 6 nitrogen and oxygen atoms in total. The third-order valence-corrected chi connectivity index (χ3v) is 5.15. The number of nitrogens with two attached hydrogens (primary N) is 1. The smallest absolute Gasteiger partial charge is 0.234 e. The van der Waals surface area contributed by atoms with E-state index < -0.39 is 0 Å². The Morgan fingerprint density at radius 3 is 3.00 bits per heavy atom. The number of rotatable bonds is 3. The van der Waals surface area contributed by atoms with E-state index in [0.717, 1.165) is 48.3 Å².